The molecule has 0 fully saturated rings. The molecule has 0 amide bonds. The van der Waals surface area contributed by atoms with Crippen LogP contribution in [0.2, 0.25) is 0 Å². The van der Waals surface area contributed by atoms with Crippen molar-refractivity contribution in [3.05, 3.63) is 151 Å². The van der Waals surface area contributed by atoms with Crippen molar-refractivity contribution >= 4 is 34.0 Å². The second-order valence-corrected chi connectivity index (χ2v) is 7.62. The van der Waals surface area contributed by atoms with Crippen LogP contribution in [0.15, 0.2) is 91.0 Å². The van der Waals surface area contributed by atoms with Crippen molar-refractivity contribution in [2.45, 2.75) is 0 Å². The van der Waals surface area contributed by atoms with E-state index < -0.39 is 49.7 Å². The Morgan fingerprint density at radius 3 is 1.51 bits per heavy atom. The first-order chi connectivity index (χ1) is 18.4. The zero-order chi connectivity index (χ0) is 29.1. The van der Waals surface area contributed by atoms with Crippen LogP contribution in [0.5, 0.6) is 0 Å². The van der Waals surface area contributed by atoms with E-state index in [4.69, 9.17) is 11.6 Å². The van der Waals surface area contributed by atoms with Crippen molar-refractivity contribution in [2.24, 2.45) is 0 Å². The van der Waals surface area contributed by atoms with Gasteiger partial charge in [0, 0.05) is 35.4 Å². The van der Waals surface area contributed by atoms with Crippen LogP contribution in [0.25, 0.3) is 0 Å². The fourth-order valence-electron chi connectivity index (χ4n) is 2.76. The number of nitro groups is 2. The molecule has 0 spiro atoms. The van der Waals surface area contributed by atoms with Crippen LogP contribution in [0.3, 0.4) is 0 Å². The number of benzene rings is 4. The highest BCUT2D eigenvalue weighted by Gasteiger charge is 2.17. The number of hydrogen-bond donors (Lipinski definition) is 0. The first-order valence-corrected chi connectivity index (χ1v) is 10.9. The molecule has 0 aliphatic heterocycles. The summed E-state index contributed by atoms with van der Waals surface area (Å²) in [6, 6.07) is 16.9. The zero-order valence-electron chi connectivity index (χ0n) is 19.4. The molecule has 0 unspecified atom stereocenters. The van der Waals surface area contributed by atoms with Gasteiger partial charge in [0.05, 0.1) is 15.4 Å². The molecule has 200 valence electrons. The van der Waals surface area contributed by atoms with E-state index in [0.29, 0.717) is 0 Å². The largest absolute Gasteiger partial charge is 0.288 e. The number of hydrogen-bond acceptors (Lipinski definition) is 6. The molecule has 4 aromatic carbocycles. The molecular formula is C26H15ClF4N2O6. The maximum atomic E-state index is 13.4. The minimum absolute atomic E-state index is 0.0706. The first kappa shape index (κ1) is 30.3. The maximum absolute atomic E-state index is 13.4. The Labute approximate surface area is 222 Å². The van der Waals surface area contributed by atoms with Gasteiger partial charge in [-0.05, 0) is 60.1 Å². The summed E-state index contributed by atoms with van der Waals surface area (Å²) in [4.78, 5) is 42.1. The predicted octanol–water partition coefficient (Wildman–Crippen LogP) is 7.04. The van der Waals surface area contributed by atoms with E-state index >= 15 is 0 Å². The van der Waals surface area contributed by atoms with Crippen molar-refractivity contribution in [2.75, 3.05) is 0 Å². The molecule has 13 heteroatoms. The number of non-ortho nitro benzene ring substituents is 2. The average molecular weight is 563 g/mol. The third kappa shape index (κ3) is 9.44. The second-order valence-electron chi connectivity index (χ2n) is 7.28. The Hall–Kier alpha value is -4.97. The predicted molar refractivity (Wildman–Crippen MR) is 133 cm³/mol. The summed E-state index contributed by atoms with van der Waals surface area (Å²) in [5.41, 5.74) is -0.825. The van der Waals surface area contributed by atoms with Crippen LogP contribution >= 0.6 is 11.6 Å². The molecule has 0 N–H and O–H groups in total. The lowest BCUT2D eigenvalue weighted by Crippen LogP contribution is -2.05. The molecule has 39 heavy (non-hydrogen) atoms. The molecular weight excluding hydrogens is 548 g/mol. The summed E-state index contributed by atoms with van der Waals surface area (Å²) in [6.07, 6.45) is 0. The topological polar surface area (TPSA) is 120 Å². The Morgan fingerprint density at radius 1 is 0.615 bits per heavy atom. The lowest BCUT2D eigenvalue weighted by molar-refractivity contribution is -0.385. The quantitative estimate of drug-likeness (QED) is 0.0845. The van der Waals surface area contributed by atoms with Crippen LogP contribution < -0.4 is 0 Å². The third-order valence-electron chi connectivity index (χ3n) is 4.58. The van der Waals surface area contributed by atoms with E-state index in [1.54, 1.807) is 0 Å². The first-order valence-electron chi connectivity index (χ1n) is 10.5. The summed E-state index contributed by atoms with van der Waals surface area (Å²) in [7, 11) is 0. The molecule has 0 aliphatic rings. The van der Waals surface area contributed by atoms with E-state index in [0.717, 1.165) is 54.6 Å². The summed E-state index contributed by atoms with van der Waals surface area (Å²) in [5.74, 6) is -3.26. The highest BCUT2D eigenvalue weighted by Crippen LogP contribution is 2.19. The smallest absolute Gasteiger partial charge is 0.270 e. The SMILES string of the molecule is Fc1ccc(F)cc1.O=C(Cl)c1cccc([N+](=O)[O-])c1.O=C(c1cccc([N+](=O)[O-])c1)c1cc(F)ccc1F. The zero-order valence-corrected chi connectivity index (χ0v) is 20.1. The fraction of sp³-hybridized carbons (Fsp3) is 0. The van der Waals surface area contributed by atoms with Gasteiger partial charge in [-0.25, -0.2) is 17.6 Å². The molecule has 0 saturated heterocycles. The molecule has 0 aromatic heterocycles. The Kier molecular flexibility index (Phi) is 10.9. The van der Waals surface area contributed by atoms with Crippen LogP contribution in [-0.2, 0) is 0 Å². The van der Waals surface area contributed by atoms with Gasteiger partial charge in [-0.2, -0.15) is 0 Å². The number of carbonyl (C=O) groups is 2. The normalized spacial score (nSPS) is 9.77. The Morgan fingerprint density at radius 2 is 1.05 bits per heavy atom. The van der Waals surface area contributed by atoms with Crippen molar-refractivity contribution in [3.63, 3.8) is 0 Å². The number of ketones is 1. The summed E-state index contributed by atoms with van der Waals surface area (Å²) in [6.45, 7) is 0. The van der Waals surface area contributed by atoms with Gasteiger partial charge < -0.3 is 0 Å². The van der Waals surface area contributed by atoms with Crippen LogP contribution in [-0.4, -0.2) is 20.9 Å². The highest BCUT2D eigenvalue weighted by molar-refractivity contribution is 6.67. The van der Waals surface area contributed by atoms with E-state index in [1.165, 1.54) is 36.4 Å². The Balaban J connectivity index is 0.000000227. The number of carbonyl (C=O) groups excluding carboxylic acids is 2. The van der Waals surface area contributed by atoms with E-state index in [1.807, 2.05) is 0 Å². The summed E-state index contributed by atoms with van der Waals surface area (Å²) in [5, 5.41) is 20.1. The van der Waals surface area contributed by atoms with Crippen molar-refractivity contribution < 1.29 is 37.0 Å². The van der Waals surface area contributed by atoms with E-state index in [2.05, 4.69) is 0 Å². The second kappa shape index (κ2) is 14.1. The number of rotatable bonds is 5. The maximum Gasteiger partial charge on any atom is 0.270 e. The monoisotopic (exact) mass is 562 g/mol. The molecule has 0 aliphatic carbocycles. The van der Waals surface area contributed by atoms with Gasteiger partial charge in [-0.3, -0.25) is 29.8 Å². The molecule has 0 atom stereocenters. The standard InChI is InChI=1S/C13H7F2NO3.C7H4ClNO3.C6H4F2/c14-9-4-5-12(15)11(7-9)13(17)8-2-1-3-10(6-8)16(18)19;8-7(10)5-2-1-3-6(4-5)9(11)12;7-5-1-2-6(8)4-3-5/h1-7H;1-4H;1-4H. The molecule has 0 radical (unpaired) electrons. The van der Waals surface area contributed by atoms with Crippen molar-refractivity contribution in [3.8, 4) is 0 Å². The van der Waals surface area contributed by atoms with Gasteiger partial charge in [0.2, 0.25) is 0 Å². The van der Waals surface area contributed by atoms with Gasteiger partial charge in [0.25, 0.3) is 16.6 Å². The Bertz CT molecular complexity index is 1470. The van der Waals surface area contributed by atoms with Crippen molar-refractivity contribution in [1.82, 2.24) is 0 Å². The summed E-state index contributed by atoms with van der Waals surface area (Å²) >= 11 is 5.12. The molecule has 0 saturated carbocycles. The molecule has 4 aromatic rings. The number of halogens is 5. The van der Waals surface area contributed by atoms with Gasteiger partial charge in [-0.15, -0.1) is 0 Å². The van der Waals surface area contributed by atoms with Gasteiger partial charge in [0.15, 0.2) is 5.78 Å². The van der Waals surface area contributed by atoms with Crippen LogP contribution in [0.1, 0.15) is 26.3 Å². The van der Waals surface area contributed by atoms with Gasteiger partial charge in [0.1, 0.15) is 23.3 Å². The number of nitrogens with zero attached hydrogens (tertiary/aromatic N) is 2. The van der Waals surface area contributed by atoms with Crippen LogP contribution in [0.4, 0.5) is 28.9 Å². The van der Waals surface area contributed by atoms with E-state index in [-0.39, 0.29) is 22.5 Å². The van der Waals surface area contributed by atoms with E-state index in [9.17, 15) is 47.4 Å². The molecule has 0 heterocycles. The van der Waals surface area contributed by atoms with Crippen molar-refractivity contribution in [1.29, 1.82) is 0 Å². The summed E-state index contributed by atoms with van der Waals surface area (Å²) < 4.78 is 50.3. The fourth-order valence-corrected chi connectivity index (χ4v) is 2.88. The lowest BCUT2D eigenvalue weighted by Gasteiger charge is -2.03. The minimum atomic E-state index is -0.877. The molecule has 4 rings (SSSR count). The molecule has 0 bridgehead atoms. The third-order valence-corrected chi connectivity index (χ3v) is 4.80. The highest BCUT2D eigenvalue weighted by atomic mass is 35.5. The lowest BCUT2D eigenvalue weighted by atomic mass is 10.0. The van der Waals surface area contributed by atoms with Gasteiger partial charge >= 0.3 is 0 Å². The average Bonchev–Trinajstić information content (AvgIpc) is 2.92. The number of nitro benzene ring substituents is 2. The minimum Gasteiger partial charge on any atom is -0.288 e. The molecule has 8 nitrogen and oxygen atoms in total. The van der Waals surface area contributed by atoms with Gasteiger partial charge in [-0.1, -0.05) is 18.2 Å². The van der Waals surface area contributed by atoms with Crippen LogP contribution in [0, 0.1) is 43.5 Å².